The van der Waals surface area contributed by atoms with Gasteiger partial charge in [-0.3, -0.25) is 0 Å². The second kappa shape index (κ2) is 2.73. The molecule has 0 bridgehead atoms. The highest BCUT2D eigenvalue weighted by molar-refractivity contribution is 5.01. The topological polar surface area (TPSA) is 0 Å². The first-order chi connectivity index (χ1) is 4.63. The van der Waals surface area contributed by atoms with Crippen LogP contribution in [0.4, 0.5) is 4.39 Å². The molecule has 1 heteroatoms. The first-order valence-corrected chi connectivity index (χ1v) is 3.95. The lowest BCUT2D eigenvalue weighted by molar-refractivity contribution is 0.155. The average Bonchev–Trinajstić information content (AvgIpc) is 1.93. The fraction of sp³-hybridized carbons (Fsp3) is 0.778. The summed E-state index contributed by atoms with van der Waals surface area (Å²) < 4.78 is 13.2. The number of halogens is 1. The zero-order valence-corrected chi connectivity index (χ0v) is 6.84. The molecule has 0 radical (unpaired) electrons. The number of hydrogen-bond acceptors (Lipinski definition) is 0. The molecule has 4 atom stereocenters. The molecule has 0 aliphatic heterocycles. The first-order valence-electron chi connectivity index (χ1n) is 3.95. The summed E-state index contributed by atoms with van der Waals surface area (Å²) >= 11 is 0. The third kappa shape index (κ3) is 1.23. The van der Waals surface area contributed by atoms with E-state index in [1.807, 2.05) is 19.9 Å². The lowest BCUT2D eigenvalue weighted by atomic mass is 9.80. The zero-order chi connectivity index (χ0) is 7.72. The van der Waals surface area contributed by atoms with Gasteiger partial charge in [0.2, 0.25) is 0 Å². The normalized spacial score (nSPS) is 47.6. The maximum absolute atomic E-state index is 13.2. The molecule has 0 aromatic heterocycles. The van der Waals surface area contributed by atoms with Crippen LogP contribution in [0.3, 0.4) is 0 Å². The predicted octanol–water partition coefficient (Wildman–Crippen LogP) is 2.80. The summed E-state index contributed by atoms with van der Waals surface area (Å²) in [6, 6.07) is 0. The van der Waals surface area contributed by atoms with E-state index < -0.39 is 6.17 Å². The Hall–Kier alpha value is -0.330. The molecular weight excluding hydrogens is 127 g/mol. The van der Waals surface area contributed by atoms with Crippen LogP contribution in [-0.4, -0.2) is 6.17 Å². The quantitative estimate of drug-likeness (QED) is 0.456. The van der Waals surface area contributed by atoms with Crippen molar-refractivity contribution in [2.24, 2.45) is 17.8 Å². The summed E-state index contributed by atoms with van der Waals surface area (Å²) in [5, 5.41) is 0. The van der Waals surface area contributed by atoms with E-state index in [2.05, 4.69) is 13.0 Å². The van der Waals surface area contributed by atoms with Gasteiger partial charge in [-0.15, -0.1) is 0 Å². The molecule has 1 rings (SSSR count). The van der Waals surface area contributed by atoms with Crippen LogP contribution in [0, 0.1) is 17.8 Å². The molecule has 1 aliphatic carbocycles. The van der Waals surface area contributed by atoms with Crippen molar-refractivity contribution in [3.63, 3.8) is 0 Å². The van der Waals surface area contributed by atoms with Crippen molar-refractivity contribution in [1.29, 1.82) is 0 Å². The van der Waals surface area contributed by atoms with Crippen molar-refractivity contribution in [2.45, 2.75) is 26.9 Å². The van der Waals surface area contributed by atoms with Crippen LogP contribution < -0.4 is 0 Å². The van der Waals surface area contributed by atoms with E-state index >= 15 is 0 Å². The van der Waals surface area contributed by atoms with Crippen LogP contribution in [-0.2, 0) is 0 Å². The average molecular weight is 142 g/mol. The van der Waals surface area contributed by atoms with Crippen LogP contribution in [0.2, 0.25) is 0 Å². The molecule has 0 N–H and O–H groups in total. The monoisotopic (exact) mass is 142 g/mol. The number of alkyl halides is 1. The van der Waals surface area contributed by atoms with Gasteiger partial charge < -0.3 is 0 Å². The van der Waals surface area contributed by atoms with E-state index in [-0.39, 0.29) is 11.8 Å². The Labute approximate surface area is 62.1 Å². The SMILES string of the molecule is CC1C=CC(C)C(F)C1C. The van der Waals surface area contributed by atoms with Crippen molar-refractivity contribution in [1.82, 2.24) is 0 Å². The first kappa shape index (κ1) is 7.77. The second-order valence-corrected chi connectivity index (χ2v) is 3.41. The van der Waals surface area contributed by atoms with E-state index in [9.17, 15) is 4.39 Å². The smallest absolute Gasteiger partial charge is 0.109 e. The molecule has 0 aromatic rings. The van der Waals surface area contributed by atoms with Crippen molar-refractivity contribution < 1.29 is 4.39 Å². The highest BCUT2D eigenvalue weighted by Crippen LogP contribution is 2.30. The summed E-state index contributed by atoms with van der Waals surface area (Å²) in [5.74, 6) is 0.720. The lowest BCUT2D eigenvalue weighted by Gasteiger charge is -2.28. The molecule has 0 saturated heterocycles. The van der Waals surface area contributed by atoms with Crippen molar-refractivity contribution in [2.75, 3.05) is 0 Å². The Balaban J connectivity index is 2.69. The summed E-state index contributed by atoms with van der Waals surface area (Å²) in [6.45, 7) is 5.98. The molecule has 0 saturated carbocycles. The van der Waals surface area contributed by atoms with Crippen molar-refractivity contribution >= 4 is 0 Å². The molecule has 0 amide bonds. The maximum atomic E-state index is 13.2. The molecular formula is C9H15F. The Kier molecular flexibility index (Phi) is 2.12. The lowest BCUT2D eigenvalue weighted by Crippen LogP contribution is -2.28. The van der Waals surface area contributed by atoms with Gasteiger partial charge >= 0.3 is 0 Å². The fourth-order valence-corrected chi connectivity index (χ4v) is 1.40. The molecule has 0 nitrogen and oxygen atoms in total. The maximum Gasteiger partial charge on any atom is 0.109 e. The molecule has 10 heavy (non-hydrogen) atoms. The van der Waals surface area contributed by atoms with Crippen LogP contribution in [0.15, 0.2) is 12.2 Å². The Bertz CT molecular complexity index is 124. The molecule has 58 valence electrons. The van der Waals surface area contributed by atoms with Gasteiger partial charge in [-0.2, -0.15) is 0 Å². The fourth-order valence-electron chi connectivity index (χ4n) is 1.40. The molecule has 0 heterocycles. The van der Waals surface area contributed by atoms with Crippen molar-refractivity contribution in [3.05, 3.63) is 12.2 Å². The minimum atomic E-state index is -0.639. The van der Waals surface area contributed by atoms with Crippen LogP contribution in [0.1, 0.15) is 20.8 Å². The second-order valence-electron chi connectivity index (χ2n) is 3.41. The Morgan fingerprint density at radius 1 is 1.00 bits per heavy atom. The third-order valence-corrected chi connectivity index (χ3v) is 2.55. The van der Waals surface area contributed by atoms with Gasteiger partial charge in [-0.25, -0.2) is 4.39 Å². The van der Waals surface area contributed by atoms with Gasteiger partial charge in [0, 0.05) is 5.92 Å². The third-order valence-electron chi connectivity index (χ3n) is 2.55. The van der Waals surface area contributed by atoms with Gasteiger partial charge in [0.25, 0.3) is 0 Å². The zero-order valence-electron chi connectivity index (χ0n) is 6.84. The standard InChI is InChI=1S/C9H15F/c1-6-4-5-7(2)9(10)8(6)3/h4-9H,1-3H3. The van der Waals surface area contributed by atoms with Gasteiger partial charge in [-0.05, 0) is 11.8 Å². The van der Waals surface area contributed by atoms with E-state index in [0.29, 0.717) is 5.92 Å². The molecule has 0 spiro atoms. The minimum absolute atomic E-state index is 0.117. The van der Waals surface area contributed by atoms with Gasteiger partial charge in [0.15, 0.2) is 0 Å². The van der Waals surface area contributed by atoms with Crippen molar-refractivity contribution in [3.8, 4) is 0 Å². The molecule has 1 aliphatic rings. The summed E-state index contributed by atoms with van der Waals surface area (Å²) in [4.78, 5) is 0. The van der Waals surface area contributed by atoms with Gasteiger partial charge in [0.05, 0.1) is 0 Å². The minimum Gasteiger partial charge on any atom is -0.247 e. The highest BCUT2D eigenvalue weighted by atomic mass is 19.1. The van der Waals surface area contributed by atoms with Crippen LogP contribution in [0.5, 0.6) is 0 Å². The molecule has 0 aromatic carbocycles. The van der Waals surface area contributed by atoms with E-state index in [1.54, 1.807) is 0 Å². The van der Waals surface area contributed by atoms with Gasteiger partial charge in [-0.1, -0.05) is 32.9 Å². The highest BCUT2D eigenvalue weighted by Gasteiger charge is 2.28. The van der Waals surface area contributed by atoms with Crippen LogP contribution >= 0.6 is 0 Å². The number of hydrogen-bond donors (Lipinski definition) is 0. The number of rotatable bonds is 0. The molecule has 4 unspecified atom stereocenters. The largest absolute Gasteiger partial charge is 0.247 e. The Morgan fingerprint density at radius 3 is 2.00 bits per heavy atom. The summed E-state index contributed by atoms with van der Waals surface area (Å²) in [7, 11) is 0. The number of allylic oxidation sites excluding steroid dienone is 2. The van der Waals surface area contributed by atoms with E-state index in [1.165, 1.54) is 0 Å². The van der Waals surface area contributed by atoms with E-state index in [0.717, 1.165) is 0 Å². The van der Waals surface area contributed by atoms with Crippen LogP contribution in [0.25, 0.3) is 0 Å². The summed E-state index contributed by atoms with van der Waals surface area (Å²) in [6.07, 6.45) is 3.46. The predicted molar refractivity (Wildman–Crippen MR) is 41.5 cm³/mol. The molecule has 0 fully saturated rings. The summed E-state index contributed by atoms with van der Waals surface area (Å²) in [5.41, 5.74) is 0. The van der Waals surface area contributed by atoms with E-state index in [4.69, 9.17) is 0 Å². The van der Waals surface area contributed by atoms with Gasteiger partial charge in [0.1, 0.15) is 6.17 Å². The Morgan fingerprint density at radius 2 is 1.50 bits per heavy atom.